The molecule has 0 radical (unpaired) electrons. The van der Waals surface area contributed by atoms with Gasteiger partial charge in [-0.3, -0.25) is 9.89 Å². The molecular weight excluding hydrogens is 182 g/mol. The normalized spacial score (nSPS) is 10.5. The van der Waals surface area contributed by atoms with Crippen LogP contribution < -0.4 is 16.4 Å². The van der Waals surface area contributed by atoms with Gasteiger partial charge in [-0.05, 0) is 13.8 Å². The average molecular weight is 197 g/mol. The van der Waals surface area contributed by atoms with E-state index in [0.29, 0.717) is 11.5 Å². The fourth-order valence-electron chi connectivity index (χ4n) is 1.23. The van der Waals surface area contributed by atoms with Crippen LogP contribution in [0.4, 0.5) is 11.5 Å². The highest BCUT2D eigenvalue weighted by atomic mass is 16.1. The maximum atomic E-state index is 10.8. The molecule has 1 aromatic rings. The van der Waals surface area contributed by atoms with Crippen molar-refractivity contribution < 1.29 is 4.79 Å². The lowest BCUT2D eigenvalue weighted by molar-refractivity contribution is -0.116. The third-order valence-electron chi connectivity index (χ3n) is 1.91. The number of nitrogens with one attached hydrogen (secondary N) is 1. The highest BCUT2D eigenvalue weighted by Gasteiger charge is 2.16. The third kappa shape index (κ3) is 2.15. The van der Waals surface area contributed by atoms with Crippen LogP contribution in [0.3, 0.4) is 0 Å². The third-order valence-corrected chi connectivity index (χ3v) is 1.91. The number of nitrogens with zero attached hydrogens (tertiary/aromatic N) is 2. The number of primary amides is 1. The predicted molar refractivity (Wildman–Crippen MR) is 54.7 cm³/mol. The van der Waals surface area contributed by atoms with Crippen molar-refractivity contribution in [2.45, 2.75) is 19.9 Å². The summed E-state index contributed by atoms with van der Waals surface area (Å²) in [5.74, 6) is 0.0549. The Balaban J connectivity index is 2.88. The lowest BCUT2D eigenvalue weighted by atomic mass is 10.3. The molecule has 0 unspecified atom stereocenters. The summed E-state index contributed by atoms with van der Waals surface area (Å²) < 4.78 is 0. The van der Waals surface area contributed by atoms with E-state index in [1.54, 1.807) is 11.1 Å². The molecule has 0 aliphatic carbocycles. The minimum atomic E-state index is -0.390. The number of anilines is 2. The molecule has 0 atom stereocenters. The number of carbonyl (C=O) groups excluding carboxylic acids is 1. The van der Waals surface area contributed by atoms with Crippen LogP contribution in [0.25, 0.3) is 0 Å². The zero-order valence-corrected chi connectivity index (χ0v) is 8.32. The minimum Gasteiger partial charge on any atom is -0.382 e. The van der Waals surface area contributed by atoms with Gasteiger partial charge in [0.2, 0.25) is 5.91 Å². The molecular formula is C8H15N5O. The van der Waals surface area contributed by atoms with Crippen molar-refractivity contribution >= 4 is 17.4 Å². The molecule has 0 saturated carbocycles. The van der Waals surface area contributed by atoms with Crippen molar-refractivity contribution in [2.24, 2.45) is 5.73 Å². The summed E-state index contributed by atoms with van der Waals surface area (Å²) in [4.78, 5) is 12.6. The van der Waals surface area contributed by atoms with Gasteiger partial charge >= 0.3 is 0 Å². The second-order valence-corrected chi connectivity index (χ2v) is 3.36. The zero-order valence-electron chi connectivity index (χ0n) is 8.32. The summed E-state index contributed by atoms with van der Waals surface area (Å²) in [6, 6.07) is 0.141. The molecule has 0 saturated heterocycles. The second-order valence-electron chi connectivity index (χ2n) is 3.36. The topological polar surface area (TPSA) is 101 Å². The van der Waals surface area contributed by atoms with E-state index in [1.165, 1.54) is 0 Å². The van der Waals surface area contributed by atoms with E-state index in [9.17, 15) is 4.79 Å². The summed E-state index contributed by atoms with van der Waals surface area (Å²) in [7, 11) is 0. The lowest BCUT2D eigenvalue weighted by Gasteiger charge is -2.26. The summed E-state index contributed by atoms with van der Waals surface area (Å²) in [5.41, 5.74) is 11.5. The van der Waals surface area contributed by atoms with Gasteiger partial charge in [0.05, 0.1) is 18.4 Å². The SMILES string of the molecule is CC(C)N(CC(N)=O)c1cn[nH]c1N. The van der Waals surface area contributed by atoms with E-state index in [4.69, 9.17) is 11.5 Å². The van der Waals surface area contributed by atoms with Crippen LogP contribution in [0.1, 0.15) is 13.8 Å². The largest absolute Gasteiger partial charge is 0.382 e. The molecule has 1 aromatic heterocycles. The van der Waals surface area contributed by atoms with Crippen LogP contribution in [0, 0.1) is 0 Å². The molecule has 6 nitrogen and oxygen atoms in total. The number of hydrogen-bond donors (Lipinski definition) is 3. The number of H-pyrrole nitrogens is 1. The van der Waals surface area contributed by atoms with Crippen LogP contribution in [0.2, 0.25) is 0 Å². The molecule has 0 aromatic carbocycles. The average Bonchev–Trinajstić information content (AvgIpc) is 2.46. The van der Waals surface area contributed by atoms with Gasteiger partial charge in [0, 0.05) is 6.04 Å². The monoisotopic (exact) mass is 197 g/mol. The fourth-order valence-corrected chi connectivity index (χ4v) is 1.23. The summed E-state index contributed by atoms with van der Waals surface area (Å²) in [6.45, 7) is 4.05. The van der Waals surface area contributed by atoms with Gasteiger partial charge in [-0.25, -0.2) is 0 Å². The summed E-state index contributed by atoms with van der Waals surface area (Å²) >= 11 is 0. The molecule has 6 heteroatoms. The van der Waals surface area contributed by atoms with Crippen molar-refractivity contribution in [3.63, 3.8) is 0 Å². The molecule has 1 rings (SSSR count). The van der Waals surface area contributed by atoms with Gasteiger partial charge in [-0.15, -0.1) is 0 Å². The molecule has 0 bridgehead atoms. The molecule has 0 aliphatic rings. The zero-order chi connectivity index (χ0) is 10.7. The Hall–Kier alpha value is -1.72. The Kier molecular flexibility index (Phi) is 2.95. The van der Waals surface area contributed by atoms with Gasteiger partial charge in [-0.1, -0.05) is 0 Å². The maximum absolute atomic E-state index is 10.8. The molecule has 0 spiro atoms. The summed E-state index contributed by atoms with van der Waals surface area (Å²) in [6.07, 6.45) is 1.58. The Morgan fingerprint density at radius 1 is 1.71 bits per heavy atom. The summed E-state index contributed by atoms with van der Waals surface area (Å²) in [5, 5.41) is 6.40. The Morgan fingerprint density at radius 3 is 2.71 bits per heavy atom. The van der Waals surface area contributed by atoms with Crippen molar-refractivity contribution in [3.8, 4) is 0 Å². The van der Waals surface area contributed by atoms with E-state index < -0.39 is 0 Å². The standard InChI is InChI=1S/C8H15N5O/c1-5(2)13(4-7(9)14)6-3-11-12-8(6)10/h3,5H,4H2,1-2H3,(H2,9,14)(H3,10,11,12). The van der Waals surface area contributed by atoms with Gasteiger partial charge in [0.25, 0.3) is 0 Å². The minimum absolute atomic E-state index is 0.140. The number of hydrogen-bond acceptors (Lipinski definition) is 4. The lowest BCUT2D eigenvalue weighted by Crippen LogP contribution is -2.38. The van der Waals surface area contributed by atoms with E-state index in [1.807, 2.05) is 13.8 Å². The highest BCUT2D eigenvalue weighted by molar-refractivity contribution is 5.81. The first-order valence-corrected chi connectivity index (χ1v) is 4.36. The van der Waals surface area contributed by atoms with E-state index in [2.05, 4.69) is 10.2 Å². The first-order chi connectivity index (χ1) is 6.52. The molecule has 5 N–H and O–H groups in total. The van der Waals surface area contributed by atoms with Crippen LogP contribution >= 0.6 is 0 Å². The van der Waals surface area contributed by atoms with E-state index in [-0.39, 0.29) is 18.5 Å². The number of nitrogens with two attached hydrogens (primary N) is 2. The molecule has 78 valence electrons. The first-order valence-electron chi connectivity index (χ1n) is 4.36. The quantitative estimate of drug-likeness (QED) is 0.616. The Morgan fingerprint density at radius 2 is 2.36 bits per heavy atom. The van der Waals surface area contributed by atoms with Gasteiger partial charge in [-0.2, -0.15) is 5.10 Å². The predicted octanol–water partition coefficient (Wildman–Crippen LogP) is -0.308. The van der Waals surface area contributed by atoms with Gasteiger partial charge in [0.1, 0.15) is 5.82 Å². The van der Waals surface area contributed by atoms with E-state index >= 15 is 0 Å². The molecule has 14 heavy (non-hydrogen) atoms. The fraction of sp³-hybridized carbons (Fsp3) is 0.500. The van der Waals surface area contributed by atoms with Crippen molar-refractivity contribution in [2.75, 3.05) is 17.2 Å². The number of carbonyl (C=O) groups is 1. The molecule has 1 heterocycles. The smallest absolute Gasteiger partial charge is 0.236 e. The van der Waals surface area contributed by atoms with Gasteiger partial charge in [0.15, 0.2) is 0 Å². The van der Waals surface area contributed by atoms with Crippen LogP contribution in [-0.4, -0.2) is 28.7 Å². The number of nitrogen functional groups attached to an aromatic ring is 1. The van der Waals surface area contributed by atoms with Gasteiger partial charge < -0.3 is 16.4 Å². The van der Waals surface area contributed by atoms with Crippen LogP contribution in [-0.2, 0) is 4.79 Å². The number of amides is 1. The van der Waals surface area contributed by atoms with Crippen LogP contribution in [0.5, 0.6) is 0 Å². The Labute approximate surface area is 82.3 Å². The Bertz CT molecular complexity index is 319. The van der Waals surface area contributed by atoms with E-state index in [0.717, 1.165) is 0 Å². The van der Waals surface area contributed by atoms with Crippen molar-refractivity contribution in [3.05, 3.63) is 6.20 Å². The molecule has 0 fully saturated rings. The number of aromatic amines is 1. The number of aromatic nitrogens is 2. The first kappa shape index (κ1) is 10.4. The number of rotatable bonds is 4. The van der Waals surface area contributed by atoms with Crippen LogP contribution in [0.15, 0.2) is 6.20 Å². The maximum Gasteiger partial charge on any atom is 0.236 e. The van der Waals surface area contributed by atoms with Crippen molar-refractivity contribution in [1.82, 2.24) is 10.2 Å². The molecule has 1 amide bonds. The second kappa shape index (κ2) is 3.99. The highest BCUT2D eigenvalue weighted by Crippen LogP contribution is 2.21. The molecule has 0 aliphatic heterocycles. The van der Waals surface area contributed by atoms with Crippen molar-refractivity contribution in [1.29, 1.82) is 0 Å².